The van der Waals surface area contributed by atoms with Crippen molar-refractivity contribution in [1.29, 1.82) is 0 Å². The van der Waals surface area contributed by atoms with Crippen molar-refractivity contribution in [3.63, 3.8) is 0 Å². The van der Waals surface area contributed by atoms with Gasteiger partial charge in [-0.15, -0.1) is 0 Å². The van der Waals surface area contributed by atoms with E-state index in [0.29, 0.717) is 0 Å². The SMILES string of the molecule is C=Cc1ccc(C=CC(=C)C)cc1. The second-order valence-corrected chi connectivity index (χ2v) is 3.05. The highest BCUT2D eigenvalue weighted by atomic mass is 13.9. The molecule has 0 spiro atoms. The fourth-order valence-corrected chi connectivity index (χ4v) is 0.982. The van der Waals surface area contributed by atoms with Gasteiger partial charge in [-0.05, 0) is 18.1 Å². The number of hydrogen-bond donors (Lipinski definition) is 0. The maximum absolute atomic E-state index is 3.80. The Balaban J connectivity index is 2.80. The van der Waals surface area contributed by atoms with Gasteiger partial charge in [0.25, 0.3) is 0 Å². The van der Waals surface area contributed by atoms with Crippen molar-refractivity contribution in [3.05, 3.63) is 60.2 Å². The van der Waals surface area contributed by atoms with E-state index in [1.807, 2.05) is 31.2 Å². The summed E-state index contributed by atoms with van der Waals surface area (Å²) in [4.78, 5) is 0. The Morgan fingerprint density at radius 2 is 1.69 bits per heavy atom. The smallest absolute Gasteiger partial charge is 0.0256 e. The van der Waals surface area contributed by atoms with Crippen LogP contribution in [0.5, 0.6) is 0 Å². The van der Waals surface area contributed by atoms with E-state index in [4.69, 9.17) is 0 Å². The van der Waals surface area contributed by atoms with Gasteiger partial charge in [0.1, 0.15) is 0 Å². The van der Waals surface area contributed by atoms with Crippen molar-refractivity contribution >= 4 is 12.2 Å². The molecule has 0 amide bonds. The summed E-state index contributed by atoms with van der Waals surface area (Å²) in [6.07, 6.45) is 5.89. The van der Waals surface area contributed by atoms with Crippen LogP contribution < -0.4 is 0 Å². The van der Waals surface area contributed by atoms with Crippen molar-refractivity contribution in [2.75, 3.05) is 0 Å². The molecule has 1 aromatic carbocycles. The van der Waals surface area contributed by atoms with E-state index in [-0.39, 0.29) is 0 Å². The number of hydrogen-bond acceptors (Lipinski definition) is 0. The lowest BCUT2D eigenvalue weighted by molar-refractivity contribution is 1.56. The predicted molar refractivity (Wildman–Crippen MR) is 60.4 cm³/mol. The topological polar surface area (TPSA) is 0 Å². The van der Waals surface area contributed by atoms with Gasteiger partial charge in [0.15, 0.2) is 0 Å². The monoisotopic (exact) mass is 170 g/mol. The minimum atomic E-state index is 1.06. The summed E-state index contributed by atoms with van der Waals surface area (Å²) >= 11 is 0. The first-order chi connectivity index (χ1) is 6.22. The lowest BCUT2D eigenvalue weighted by atomic mass is 10.1. The molecule has 0 nitrogen and oxygen atoms in total. The van der Waals surface area contributed by atoms with Gasteiger partial charge in [0.05, 0.1) is 0 Å². The summed E-state index contributed by atoms with van der Waals surface area (Å²) in [6.45, 7) is 9.48. The van der Waals surface area contributed by atoms with Gasteiger partial charge < -0.3 is 0 Å². The molecular formula is C13H14. The highest BCUT2D eigenvalue weighted by Gasteiger charge is 1.86. The molecule has 0 bridgehead atoms. The van der Waals surface area contributed by atoms with Crippen molar-refractivity contribution in [2.24, 2.45) is 0 Å². The van der Waals surface area contributed by atoms with E-state index in [2.05, 4.69) is 31.4 Å². The minimum absolute atomic E-state index is 1.06. The first-order valence-corrected chi connectivity index (χ1v) is 4.28. The molecule has 0 unspecified atom stereocenters. The highest BCUT2D eigenvalue weighted by molar-refractivity contribution is 5.56. The zero-order chi connectivity index (χ0) is 9.68. The van der Waals surface area contributed by atoms with Crippen molar-refractivity contribution < 1.29 is 0 Å². The van der Waals surface area contributed by atoms with Gasteiger partial charge >= 0.3 is 0 Å². The molecule has 0 fully saturated rings. The van der Waals surface area contributed by atoms with Crippen molar-refractivity contribution in [3.8, 4) is 0 Å². The van der Waals surface area contributed by atoms with E-state index < -0.39 is 0 Å². The fourth-order valence-electron chi connectivity index (χ4n) is 0.982. The number of benzene rings is 1. The van der Waals surface area contributed by atoms with Crippen LogP contribution in [0.1, 0.15) is 18.1 Å². The molecule has 0 aliphatic carbocycles. The predicted octanol–water partition coefficient (Wildman–Crippen LogP) is 3.92. The second kappa shape index (κ2) is 4.46. The third kappa shape index (κ3) is 3.12. The quantitative estimate of drug-likeness (QED) is 0.603. The molecule has 0 aliphatic rings. The standard InChI is InChI=1S/C13H14/c1-4-12-7-9-13(10-8-12)6-5-11(2)3/h4-10H,1-2H2,3H3. The molecule has 0 aliphatic heterocycles. The summed E-state index contributed by atoms with van der Waals surface area (Å²) in [5.41, 5.74) is 3.40. The molecule has 0 heterocycles. The van der Waals surface area contributed by atoms with E-state index in [9.17, 15) is 0 Å². The maximum Gasteiger partial charge on any atom is -0.0256 e. The third-order valence-electron chi connectivity index (χ3n) is 1.73. The molecule has 1 rings (SSSR count). The molecule has 0 aromatic heterocycles. The molecular weight excluding hydrogens is 156 g/mol. The average Bonchev–Trinajstić information content (AvgIpc) is 2.15. The molecule has 66 valence electrons. The fraction of sp³-hybridized carbons (Fsp3) is 0.0769. The van der Waals surface area contributed by atoms with Crippen LogP contribution in [0, 0.1) is 0 Å². The zero-order valence-electron chi connectivity index (χ0n) is 7.96. The van der Waals surface area contributed by atoms with Crippen LogP contribution in [0.25, 0.3) is 12.2 Å². The van der Waals surface area contributed by atoms with Gasteiger partial charge in [-0.25, -0.2) is 0 Å². The summed E-state index contributed by atoms with van der Waals surface area (Å²) < 4.78 is 0. The van der Waals surface area contributed by atoms with E-state index in [0.717, 1.165) is 11.1 Å². The first kappa shape index (κ1) is 9.53. The molecule has 13 heavy (non-hydrogen) atoms. The van der Waals surface area contributed by atoms with Crippen LogP contribution >= 0.6 is 0 Å². The molecule has 1 aromatic rings. The van der Waals surface area contributed by atoms with Crippen LogP contribution in [0.15, 0.2) is 49.1 Å². The van der Waals surface area contributed by atoms with Crippen LogP contribution in [-0.4, -0.2) is 0 Å². The highest BCUT2D eigenvalue weighted by Crippen LogP contribution is 2.07. The van der Waals surface area contributed by atoms with E-state index in [1.165, 1.54) is 5.56 Å². The van der Waals surface area contributed by atoms with Gasteiger partial charge in [0.2, 0.25) is 0 Å². The van der Waals surface area contributed by atoms with Crippen LogP contribution in [0.3, 0.4) is 0 Å². The average molecular weight is 170 g/mol. The Labute approximate surface area is 79.9 Å². The van der Waals surface area contributed by atoms with Gasteiger partial charge in [-0.3, -0.25) is 0 Å². The molecule has 0 radical (unpaired) electrons. The Morgan fingerprint density at radius 3 is 2.15 bits per heavy atom. The summed E-state index contributed by atoms with van der Waals surface area (Å²) in [5, 5.41) is 0. The van der Waals surface area contributed by atoms with Crippen LogP contribution in [-0.2, 0) is 0 Å². The number of rotatable bonds is 3. The lowest BCUT2D eigenvalue weighted by Gasteiger charge is -1.94. The summed E-state index contributed by atoms with van der Waals surface area (Å²) in [5.74, 6) is 0. The van der Waals surface area contributed by atoms with Crippen molar-refractivity contribution in [2.45, 2.75) is 6.92 Å². The molecule has 0 saturated heterocycles. The van der Waals surface area contributed by atoms with E-state index in [1.54, 1.807) is 0 Å². The van der Waals surface area contributed by atoms with Crippen LogP contribution in [0.4, 0.5) is 0 Å². The Morgan fingerprint density at radius 1 is 1.15 bits per heavy atom. The third-order valence-corrected chi connectivity index (χ3v) is 1.73. The first-order valence-electron chi connectivity index (χ1n) is 4.28. The molecule has 0 atom stereocenters. The Hall–Kier alpha value is -1.56. The van der Waals surface area contributed by atoms with Gasteiger partial charge in [-0.1, -0.05) is 61.2 Å². The maximum atomic E-state index is 3.80. The van der Waals surface area contributed by atoms with Gasteiger partial charge in [0, 0.05) is 0 Å². The largest absolute Gasteiger partial charge is 0.0985 e. The summed E-state index contributed by atoms with van der Waals surface area (Å²) in [6, 6.07) is 8.23. The second-order valence-electron chi connectivity index (χ2n) is 3.05. The Kier molecular flexibility index (Phi) is 3.27. The van der Waals surface area contributed by atoms with Gasteiger partial charge in [-0.2, -0.15) is 0 Å². The Bertz CT molecular complexity index is 326. The minimum Gasteiger partial charge on any atom is -0.0985 e. The lowest BCUT2D eigenvalue weighted by Crippen LogP contribution is -1.73. The zero-order valence-corrected chi connectivity index (χ0v) is 7.96. The van der Waals surface area contributed by atoms with Crippen LogP contribution in [0.2, 0.25) is 0 Å². The molecule has 0 saturated carbocycles. The van der Waals surface area contributed by atoms with Crippen molar-refractivity contribution in [1.82, 2.24) is 0 Å². The number of allylic oxidation sites excluding steroid dienone is 2. The molecule has 0 N–H and O–H groups in total. The summed E-state index contributed by atoms with van der Waals surface area (Å²) in [7, 11) is 0. The molecule has 0 heteroatoms. The van der Waals surface area contributed by atoms with E-state index >= 15 is 0 Å². The normalized spacial score (nSPS) is 10.2.